The molecule has 0 bridgehead atoms. The number of aromatic hydroxyl groups is 4. The van der Waals surface area contributed by atoms with E-state index in [2.05, 4.69) is 0 Å². The van der Waals surface area contributed by atoms with E-state index < -0.39 is 67.5 Å². The van der Waals surface area contributed by atoms with Crippen molar-refractivity contribution in [3.63, 3.8) is 0 Å². The highest BCUT2D eigenvalue weighted by molar-refractivity contribution is 5.95. The Labute approximate surface area is 222 Å². The lowest BCUT2D eigenvalue weighted by molar-refractivity contribution is -0.202. The van der Waals surface area contributed by atoms with E-state index in [9.17, 15) is 50.1 Å². The number of aliphatic carboxylic acids is 1. The maximum absolute atomic E-state index is 12.3. The highest BCUT2D eigenvalue weighted by Crippen LogP contribution is 2.33. The highest BCUT2D eigenvalue weighted by Gasteiger charge is 2.50. The van der Waals surface area contributed by atoms with Crippen LogP contribution in [-0.4, -0.2) is 90.4 Å². The fraction of sp³-hybridized carbons (Fsp3) is 0.296. The Balaban J connectivity index is 1.64. The standard InChI is InChI=1S/C27H28O12/c28-17(5-1-15-3-7-19(30)21(32)9-15)13-38-24-12-27(37,26(35)36)11-23(34)25(24)39-14-18(29)6-2-16-4-8-20(31)22(33)10-16/h1-10,23-25,30-34,37H,11-14H2,(H,35,36)/b5-1+,6-2+/t23-,24-,25-,27+/m1/s1. The molecule has 2 aromatic rings. The molecule has 2 aromatic carbocycles. The average Bonchev–Trinajstić information content (AvgIpc) is 2.88. The summed E-state index contributed by atoms with van der Waals surface area (Å²) in [5.74, 6) is -4.13. The van der Waals surface area contributed by atoms with Crippen LogP contribution in [0.5, 0.6) is 23.0 Å². The number of hydrogen-bond donors (Lipinski definition) is 7. The molecule has 4 atom stereocenters. The fourth-order valence-electron chi connectivity index (χ4n) is 3.92. The van der Waals surface area contributed by atoms with Gasteiger partial charge in [0.25, 0.3) is 0 Å². The molecule has 1 fully saturated rings. The number of carbonyl (C=O) groups excluding carboxylic acids is 2. The summed E-state index contributed by atoms with van der Waals surface area (Å²) in [5, 5.41) is 68.2. The molecule has 1 saturated carbocycles. The summed E-state index contributed by atoms with van der Waals surface area (Å²) in [5.41, 5.74) is -1.53. The Bertz CT molecular complexity index is 1280. The summed E-state index contributed by atoms with van der Waals surface area (Å²) in [6, 6.07) is 7.84. The van der Waals surface area contributed by atoms with Crippen LogP contribution in [0.3, 0.4) is 0 Å². The van der Waals surface area contributed by atoms with E-state index in [0.29, 0.717) is 11.1 Å². The fourth-order valence-corrected chi connectivity index (χ4v) is 3.92. The second-order valence-electron chi connectivity index (χ2n) is 9.03. The van der Waals surface area contributed by atoms with Gasteiger partial charge in [0.2, 0.25) is 0 Å². The zero-order valence-corrected chi connectivity index (χ0v) is 20.5. The number of phenolic OH excluding ortho intramolecular Hbond substituents is 4. The molecule has 12 nitrogen and oxygen atoms in total. The smallest absolute Gasteiger partial charge is 0.335 e. The maximum atomic E-state index is 12.3. The van der Waals surface area contributed by atoms with Crippen LogP contribution in [0.4, 0.5) is 0 Å². The van der Waals surface area contributed by atoms with Crippen molar-refractivity contribution in [2.75, 3.05) is 13.2 Å². The van der Waals surface area contributed by atoms with Crippen LogP contribution in [0, 0.1) is 0 Å². The molecule has 0 heterocycles. The molecule has 3 rings (SSSR count). The number of carboxylic acid groups (broad SMARTS) is 1. The molecule has 39 heavy (non-hydrogen) atoms. The van der Waals surface area contributed by atoms with Crippen molar-refractivity contribution in [1.29, 1.82) is 0 Å². The predicted molar refractivity (Wildman–Crippen MR) is 135 cm³/mol. The van der Waals surface area contributed by atoms with Crippen LogP contribution in [0.25, 0.3) is 12.2 Å². The third-order valence-corrected chi connectivity index (χ3v) is 6.01. The Hall–Kier alpha value is -4.23. The molecular weight excluding hydrogens is 516 g/mol. The Kier molecular flexibility index (Phi) is 9.43. The summed E-state index contributed by atoms with van der Waals surface area (Å²) >= 11 is 0. The molecular formula is C27H28O12. The number of aliphatic hydroxyl groups is 2. The molecule has 0 unspecified atom stereocenters. The van der Waals surface area contributed by atoms with Gasteiger partial charge in [-0.25, -0.2) is 4.79 Å². The zero-order valence-electron chi connectivity index (χ0n) is 20.5. The number of carbonyl (C=O) groups is 3. The van der Waals surface area contributed by atoms with E-state index in [-0.39, 0.29) is 23.0 Å². The molecule has 0 radical (unpaired) electrons. The van der Waals surface area contributed by atoms with E-state index in [4.69, 9.17) is 9.47 Å². The number of ether oxygens (including phenoxy) is 2. The minimum absolute atomic E-state index is 0.325. The summed E-state index contributed by atoms with van der Waals surface area (Å²) in [7, 11) is 0. The van der Waals surface area contributed by atoms with Crippen LogP contribution in [0.1, 0.15) is 24.0 Å². The third-order valence-electron chi connectivity index (χ3n) is 6.01. The maximum Gasteiger partial charge on any atom is 0.335 e. The normalized spacial score (nSPS) is 23.3. The van der Waals surface area contributed by atoms with Gasteiger partial charge in [0.1, 0.15) is 19.3 Å². The lowest BCUT2D eigenvalue weighted by Gasteiger charge is -2.41. The molecule has 0 aliphatic heterocycles. The summed E-state index contributed by atoms with van der Waals surface area (Å²) < 4.78 is 11.0. The van der Waals surface area contributed by atoms with Crippen LogP contribution >= 0.6 is 0 Å². The Morgan fingerprint density at radius 2 is 1.28 bits per heavy atom. The minimum atomic E-state index is -2.35. The summed E-state index contributed by atoms with van der Waals surface area (Å²) in [6.45, 7) is -1.13. The van der Waals surface area contributed by atoms with Gasteiger partial charge < -0.3 is 45.2 Å². The highest BCUT2D eigenvalue weighted by atomic mass is 16.6. The van der Waals surface area contributed by atoms with Gasteiger partial charge in [-0.05, 0) is 47.5 Å². The SMILES string of the molecule is O=C(/C=C/c1ccc(O)c(O)c1)CO[C@@H]1[C@H](O)C[C@@](O)(C(=O)O)C[C@H]1OCC(=O)/C=C/c1ccc(O)c(O)c1. The van der Waals surface area contributed by atoms with Gasteiger partial charge in [0, 0.05) is 12.8 Å². The average molecular weight is 545 g/mol. The minimum Gasteiger partial charge on any atom is -0.504 e. The topological polar surface area (TPSA) is 211 Å². The zero-order chi connectivity index (χ0) is 28.7. The van der Waals surface area contributed by atoms with E-state index in [1.54, 1.807) is 0 Å². The number of phenols is 4. The lowest BCUT2D eigenvalue weighted by Crippen LogP contribution is -2.58. The van der Waals surface area contributed by atoms with Crippen molar-refractivity contribution in [3.05, 3.63) is 59.7 Å². The first-order valence-corrected chi connectivity index (χ1v) is 11.7. The number of rotatable bonds is 11. The van der Waals surface area contributed by atoms with Crippen LogP contribution < -0.4 is 0 Å². The van der Waals surface area contributed by atoms with Gasteiger partial charge >= 0.3 is 5.97 Å². The van der Waals surface area contributed by atoms with Crippen LogP contribution in [-0.2, 0) is 23.9 Å². The lowest BCUT2D eigenvalue weighted by atomic mass is 9.79. The quantitative estimate of drug-likeness (QED) is 0.157. The molecule has 0 amide bonds. The Morgan fingerprint density at radius 1 is 0.795 bits per heavy atom. The predicted octanol–water partition coefficient (Wildman–Crippen LogP) is 1.11. The van der Waals surface area contributed by atoms with Crippen molar-refractivity contribution in [2.24, 2.45) is 0 Å². The third kappa shape index (κ3) is 7.88. The molecule has 1 aliphatic carbocycles. The van der Waals surface area contributed by atoms with E-state index in [1.165, 1.54) is 48.6 Å². The van der Waals surface area contributed by atoms with Gasteiger partial charge in [0.15, 0.2) is 40.2 Å². The van der Waals surface area contributed by atoms with Gasteiger partial charge in [-0.3, -0.25) is 9.59 Å². The summed E-state index contributed by atoms with van der Waals surface area (Å²) in [6.07, 6.45) is -0.202. The van der Waals surface area contributed by atoms with E-state index in [0.717, 1.165) is 12.2 Å². The van der Waals surface area contributed by atoms with Crippen molar-refractivity contribution < 1.29 is 59.6 Å². The Morgan fingerprint density at radius 3 is 1.74 bits per heavy atom. The van der Waals surface area contributed by atoms with Crippen molar-refractivity contribution in [3.8, 4) is 23.0 Å². The second-order valence-corrected chi connectivity index (χ2v) is 9.03. The van der Waals surface area contributed by atoms with E-state index in [1.807, 2.05) is 0 Å². The van der Waals surface area contributed by atoms with Crippen LogP contribution in [0.2, 0.25) is 0 Å². The van der Waals surface area contributed by atoms with Gasteiger partial charge in [-0.2, -0.15) is 0 Å². The van der Waals surface area contributed by atoms with Gasteiger partial charge in [-0.15, -0.1) is 0 Å². The first-order chi connectivity index (χ1) is 18.4. The van der Waals surface area contributed by atoms with E-state index >= 15 is 0 Å². The van der Waals surface area contributed by atoms with Crippen molar-refractivity contribution in [2.45, 2.75) is 36.8 Å². The molecule has 0 saturated heterocycles. The monoisotopic (exact) mass is 544 g/mol. The number of benzene rings is 2. The number of carboxylic acids is 1. The van der Waals surface area contributed by atoms with Crippen molar-refractivity contribution in [1.82, 2.24) is 0 Å². The summed E-state index contributed by atoms with van der Waals surface area (Å²) in [4.78, 5) is 36.2. The van der Waals surface area contributed by atoms with Crippen molar-refractivity contribution >= 4 is 29.7 Å². The number of hydrogen-bond acceptors (Lipinski definition) is 11. The number of ketones is 2. The molecule has 7 N–H and O–H groups in total. The first-order valence-electron chi connectivity index (χ1n) is 11.7. The molecule has 0 spiro atoms. The molecule has 12 heteroatoms. The number of aliphatic hydroxyl groups excluding tert-OH is 1. The van der Waals surface area contributed by atoms with Gasteiger partial charge in [-0.1, -0.05) is 24.3 Å². The van der Waals surface area contributed by atoms with Gasteiger partial charge in [0.05, 0.1) is 12.2 Å². The molecule has 1 aliphatic rings. The second kappa shape index (κ2) is 12.5. The molecule has 208 valence electrons. The first kappa shape index (κ1) is 29.3. The largest absolute Gasteiger partial charge is 0.504 e. The molecule has 0 aromatic heterocycles. The van der Waals surface area contributed by atoms with Crippen LogP contribution in [0.15, 0.2) is 48.6 Å².